The molecule has 2 nitrogen and oxygen atoms in total. The zero-order chi connectivity index (χ0) is 11.1. The Morgan fingerprint density at radius 3 is 2.27 bits per heavy atom. The van der Waals surface area contributed by atoms with Crippen LogP contribution in [0.1, 0.15) is 31.0 Å². The summed E-state index contributed by atoms with van der Waals surface area (Å²) < 4.78 is 0. The van der Waals surface area contributed by atoms with E-state index in [2.05, 4.69) is 48.7 Å². The number of rotatable bonds is 6. The van der Waals surface area contributed by atoms with Crippen LogP contribution in [-0.2, 0) is 6.42 Å². The maximum atomic E-state index is 3.36. The number of aryl methyl sites for hydroxylation is 1. The summed E-state index contributed by atoms with van der Waals surface area (Å²) in [7, 11) is 2.01. The van der Waals surface area contributed by atoms with Crippen LogP contribution in [0.25, 0.3) is 0 Å². The van der Waals surface area contributed by atoms with E-state index in [1.807, 2.05) is 7.05 Å². The molecule has 1 aromatic rings. The third-order valence-electron chi connectivity index (χ3n) is 2.74. The molecule has 0 fully saturated rings. The van der Waals surface area contributed by atoms with Crippen LogP contribution in [0.2, 0.25) is 0 Å². The van der Waals surface area contributed by atoms with Crippen molar-refractivity contribution < 1.29 is 0 Å². The molecular formula is C13H22N2. The van der Waals surface area contributed by atoms with Crippen molar-refractivity contribution in [2.75, 3.05) is 20.1 Å². The lowest BCUT2D eigenvalue weighted by Gasteiger charge is -2.17. The van der Waals surface area contributed by atoms with Gasteiger partial charge in [0, 0.05) is 12.6 Å². The van der Waals surface area contributed by atoms with Crippen LogP contribution in [-0.4, -0.2) is 20.1 Å². The molecule has 1 unspecified atom stereocenters. The highest BCUT2D eigenvalue weighted by Gasteiger charge is 2.07. The standard InChI is InChI=1S/C13H22N2/c1-4-11-6-8-12(9-7-11)13(14-3)10-15-5-2/h6-9,13-15H,4-5,10H2,1-3H3. The first-order valence-corrected chi connectivity index (χ1v) is 5.78. The molecule has 2 N–H and O–H groups in total. The summed E-state index contributed by atoms with van der Waals surface area (Å²) >= 11 is 0. The number of likely N-dealkylation sites (N-methyl/N-ethyl adjacent to an activating group) is 2. The van der Waals surface area contributed by atoms with E-state index in [1.165, 1.54) is 11.1 Å². The molecule has 1 aromatic carbocycles. The minimum Gasteiger partial charge on any atom is -0.315 e. The average molecular weight is 206 g/mol. The quantitative estimate of drug-likeness (QED) is 0.745. The highest BCUT2D eigenvalue weighted by molar-refractivity contribution is 5.25. The van der Waals surface area contributed by atoms with Crippen molar-refractivity contribution in [3.8, 4) is 0 Å². The molecule has 0 heterocycles. The maximum absolute atomic E-state index is 3.36. The summed E-state index contributed by atoms with van der Waals surface area (Å²) in [5.74, 6) is 0. The number of benzene rings is 1. The van der Waals surface area contributed by atoms with Gasteiger partial charge < -0.3 is 10.6 Å². The van der Waals surface area contributed by atoms with Crippen molar-refractivity contribution >= 4 is 0 Å². The molecule has 2 heteroatoms. The molecule has 0 bridgehead atoms. The summed E-state index contributed by atoms with van der Waals surface area (Å²) in [5, 5.41) is 6.69. The van der Waals surface area contributed by atoms with Crippen molar-refractivity contribution in [3.05, 3.63) is 35.4 Å². The molecular weight excluding hydrogens is 184 g/mol. The first-order chi connectivity index (χ1) is 7.31. The van der Waals surface area contributed by atoms with E-state index in [-0.39, 0.29) is 0 Å². The molecule has 0 aliphatic heterocycles. The van der Waals surface area contributed by atoms with Crippen LogP contribution >= 0.6 is 0 Å². The van der Waals surface area contributed by atoms with Gasteiger partial charge in [0.25, 0.3) is 0 Å². The molecule has 84 valence electrons. The van der Waals surface area contributed by atoms with Crippen molar-refractivity contribution in [2.45, 2.75) is 26.3 Å². The lowest BCUT2D eigenvalue weighted by molar-refractivity contribution is 0.538. The Hall–Kier alpha value is -0.860. The van der Waals surface area contributed by atoms with Crippen molar-refractivity contribution in [1.29, 1.82) is 0 Å². The summed E-state index contributed by atoms with van der Waals surface area (Å²) in [6, 6.07) is 9.28. The molecule has 0 saturated heterocycles. The third-order valence-corrected chi connectivity index (χ3v) is 2.74. The Kier molecular flexibility index (Phi) is 5.37. The second kappa shape index (κ2) is 6.59. The Bertz CT molecular complexity index is 266. The second-order valence-corrected chi connectivity index (χ2v) is 3.74. The van der Waals surface area contributed by atoms with Gasteiger partial charge in [0.05, 0.1) is 0 Å². The van der Waals surface area contributed by atoms with Gasteiger partial charge in [0.15, 0.2) is 0 Å². The highest BCUT2D eigenvalue weighted by atomic mass is 15.0. The van der Waals surface area contributed by atoms with Gasteiger partial charge in [-0.1, -0.05) is 38.1 Å². The molecule has 0 aromatic heterocycles. The summed E-state index contributed by atoms with van der Waals surface area (Å²) in [4.78, 5) is 0. The molecule has 0 radical (unpaired) electrons. The Morgan fingerprint density at radius 1 is 1.13 bits per heavy atom. The first-order valence-electron chi connectivity index (χ1n) is 5.78. The van der Waals surface area contributed by atoms with Crippen LogP contribution in [0, 0.1) is 0 Å². The number of nitrogens with one attached hydrogen (secondary N) is 2. The summed E-state index contributed by atoms with van der Waals surface area (Å²) in [6.07, 6.45) is 1.11. The summed E-state index contributed by atoms with van der Waals surface area (Å²) in [6.45, 7) is 6.32. The summed E-state index contributed by atoms with van der Waals surface area (Å²) in [5.41, 5.74) is 2.76. The molecule has 0 aliphatic carbocycles. The SMILES string of the molecule is CCNCC(NC)c1ccc(CC)cc1. The van der Waals surface area contributed by atoms with E-state index in [4.69, 9.17) is 0 Å². The number of hydrogen-bond donors (Lipinski definition) is 2. The third kappa shape index (κ3) is 3.65. The van der Waals surface area contributed by atoms with Crippen molar-refractivity contribution in [3.63, 3.8) is 0 Å². The highest BCUT2D eigenvalue weighted by Crippen LogP contribution is 2.13. The van der Waals surface area contributed by atoms with Gasteiger partial charge in [-0.25, -0.2) is 0 Å². The fourth-order valence-corrected chi connectivity index (χ4v) is 1.66. The van der Waals surface area contributed by atoms with Gasteiger partial charge in [-0.15, -0.1) is 0 Å². The smallest absolute Gasteiger partial charge is 0.0444 e. The monoisotopic (exact) mass is 206 g/mol. The number of hydrogen-bond acceptors (Lipinski definition) is 2. The van der Waals surface area contributed by atoms with E-state index in [0.29, 0.717) is 6.04 Å². The van der Waals surface area contributed by atoms with Crippen LogP contribution in [0.5, 0.6) is 0 Å². The van der Waals surface area contributed by atoms with Crippen LogP contribution < -0.4 is 10.6 Å². The topological polar surface area (TPSA) is 24.1 Å². The molecule has 15 heavy (non-hydrogen) atoms. The minimum atomic E-state index is 0.413. The average Bonchev–Trinajstić information content (AvgIpc) is 2.31. The van der Waals surface area contributed by atoms with Crippen LogP contribution in [0.4, 0.5) is 0 Å². The molecule has 0 aliphatic rings. The van der Waals surface area contributed by atoms with E-state index < -0.39 is 0 Å². The van der Waals surface area contributed by atoms with Gasteiger partial charge >= 0.3 is 0 Å². The fourth-order valence-electron chi connectivity index (χ4n) is 1.66. The van der Waals surface area contributed by atoms with Crippen LogP contribution in [0.3, 0.4) is 0 Å². The van der Waals surface area contributed by atoms with Gasteiger partial charge in [-0.3, -0.25) is 0 Å². The molecule has 1 atom stereocenters. The van der Waals surface area contributed by atoms with Gasteiger partial charge in [0.1, 0.15) is 0 Å². The van der Waals surface area contributed by atoms with Gasteiger partial charge in [0.2, 0.25) is 0 Å². The van der Waals surface area contributed by atoms with Crippen molar-refractivity contribution in [2.24, 2.45) is 0 Å². The fraction of sp³-hybridized carbons (Fsp3) is 0.538. The Morgan fingerprint density at radius 2 is 1.80 bits per heavy atom. The van der Waals surface area contributed by atoms with Gasteiger partial charge in [-0.2, -0.15) is 0 Å². The zero-order valence-electron chi connectivity index (χ0n) is 10.0. The largest absolute Gasteiger partial charge is 0.315 e. The molecule has 1 rings (SSSR count). The minimum absolute atomic E-state index is 0.413. The normalized spacial score (nSPS) is 12.7. The first kappa shape index (κ1) is 12.2. The Labute approximate surface area is 93.1 Å². The van der Waals surface area contributed by atoms with E-state index in [0.717, 1.165) is 19.5 Å². The second-order valence-electron chi connectivity index (χ2n) is 3.74. The van der Waals surface area contributed by atoms with E-state index >= 15 is 0 Å². The lowest BCUT2D eigenvalue weighted by Crippen LogP contribution is -2.29. The molecule has 0 amide bonds. The predicted molar refractivity (Wildman–Crippen MR) is 66.2 cm³/mol. The van der Waals surface area contributed by atoms with E-state index in [1.54, 1.807) is 0 Å². The maximum Gasteiger partial charge on any atom is 0.0444 e. The Balaban J connectivity index is 2.65. The van der Waals surface area contributed by atoms with E-state index in [9.17, 15) is 0 Å². The molecule has 0 saturated carbocycles. The van der Waals surface area contributed by atoms with Crippen molar-refractivity contribution in [1.82, 2.24) is 10.6 Å². The lowest BCUT2D eigenvalue weighted by atomic mass is 10.0. The predicted octanol–water partition coefficient (Wildman–Crippen LogP) is 2.12. The van der Waals surface area contributed by atoms with Crippen LogP contribution in [0.15, 0.2) is 24.3 Å². The molecule has 0 spiro atoms. The zero-order valence-corrected chi connectivity index (χ0v) is 10.0. The van der Waals surface area contributed by atoms with Gasteiger partial charge in [-0.05, 0) is 31.1 Å².